The molecule has 0 saturated carbocycles. The lowest BCUT2D eigenvalue weighted by atomic mass is 9.99. The first-order valence-corrected chi connectivity index (χ1v) is 8.57. The van der Waals surface area contributed by atoms with Gasteiger partial charge < -0.3 is 4.90 Å². The van der Waals surface area contributed by atoms with Gasteiger partial charge in [0.05, 0.1) is 5.39 Å². The summed E-state index contributed by atoms with van der Waals surface area (Å²) in [5, 5.41) is 8.39. The number of carbonyl (C=O) groups is 1. The minimum atomic E-state index is -0.290. The first-order chi connectivity index (χ1) is 12.7. The molecule has 1 aliphatic rings. The fourth-order valence-corrected chi connectivity index (χ4v) is 3.17. The summed E-state index contributed by atoms with van der Waals surface area (Å²) in [6, 6.07) is 17.2. The lowest BCUT2D eigenvalue weighted by molar-refractivity contribution is -0.131. The molecule has 0 atom stereocenters. The van der Waals surface area contributed by atoms with E-state index in [0.717, 1.165) is 11.1 Å². The van der Waals surface area contributed by atoms with Crippen molar-refractivity contribution in [1.82, 2.24) is 19.9 Å². The van der Waals surface area contributed by atoms with Crippen LogP contribution >= 0.6 is 0 Å². The van der Waals surface area contributed by atoms with E-state index in [1.807, 2.05) is 18.2 Å². The van der Waals surface area contributed by atoms with Crippen molar-refractivity contribution in [3.05, 3.63) is 76.6 Å². The molecular formula is C20H18N4O2. The Hall–Kier alpha value is -3.28. The fourth-order valence-electron chi connectivity index (χ4n) is 3.17. The van der Waals surface area contributed by atoms with Gasteiger partial charge in [-0.1, -0.05) is 53.8 Å². The number of hydrogen-bond donors (Lipinski definition) is 0. The Kier molecular flexibility index (Phi) is 4.31. The highest BCUT2D eigenvalue weighted by Crippen LogP contribution is 2.22. The first kappa shape index (κ1) is 16.2. The second kappa shape index (κ2) is 6.92. The summed E-state index contributed by atoms with van der Waals surface area (Å²) in [7, 11) is 0. The number of benzene rings is 2. The van der Waals surface area contributed by atoms with Crippen molar-refractivity contribution in [2.24, 2.45) is 0 Å². The van der Waals surface area contributed by atoms with Gasteiger partial charge in [0, 0.05) is 13.1 Å². The zero-order valence-corrected chi connectivity index (χ0v) is 14.2. The minimum Gasteiger partial charge on any atom is -0.337 e. The van der Waals surface area contributed by atoms with Crippen molar-refractivity contribution in [2.45, 2.75) is 13.0 Å². The highest BCUT2D eigenvalue weighted by molar-refractivity contribution is 5.79. The van der Waals surface area contributed by atoms with Crippen molar-refractivity contribution >= 4 is 22.4 Å². The average molecular weight is 346 g/mol. The molecule has 130 valence electrons. The van der Waals surface area contributed by atoms with Crippen molar-refractivity contribution in [2.75, 3.05) is 13.1 Å². The maximum atomic E-state index is 12.6. The number of hydrogen-bond acceptors (Lipinski definition) is 4. The van der Waals surface area contributed by atoms with Gasteiger partial charge in [0.1, 0.15) is 12.1 Å². The molecule has 0 spiro atoms. The SMILES string of the molecule is O=C(Cn1nnc2ccccc2c1=O)N1CC=C(c2ccccc2)CC1. The molecule has 0 aliphatic carbocycles. The van der Waals surface area contributed by atoms with Gasteiger partial charge in [-0.25, -0.2) is 4.68 Å². The molecule has 26 heavy (non-hydrogen) atoms. The van der Waals surface area contributed by atoms with E-state index >= 15 is 0 Å². The lowest BCUT2D eigenvalue weighted by Gasteiger charge is -2.26. The van der Waals surface area contributed by atoms with Crippen LogP contribution in [0.4, 0.5) is 0 Å². The van der Waals surface area contributed by atoms with Crippen molar-refractivity contribution < 1.29 is 4.79 Å². The highest BCUT2D eigenvalue weighted by Gasteiger charge is 2.19. The van der Waals surface area contributed by atoms with Crippen LogP contribution in [0.25, 0.3) is 16.5 Å². The molecule has 2 heterocycles. The molecule has 0 fully saturated rings. The number of amides is 1. The van der Waals surface area contributed by atoms with Gasteiger partial charge in [-0.3, -0.25) is 9.59 Å². The van der Waals surface area contributed by atoms with Crippen LogP contribution in [-0.4, -0.2) is 38.9 Å². The molecule has 1 aliphatic heterocycles. The van der Waals surface area contributed by atoms with E-state index in [-0.39, 0.29) is 18.0 Å². The van der Waals surface area contributed by atoms with E-state index in [1.165, 1.54) is 11.1 Å². The monoisotopic (exact) mass is 346 g/mol. The molecular weight excluding hydrogens is 328 g/mol. The largest absolute Gasteiger partial charge is 0.337 e. The number of carbonyl (C=O) groups excluding carboxylic acids is 1. The van der Waals surface area contributed by atoms with Crippen molar-refractivity contribution in [3.63, 3.8) is 0 Å². The Bertz CT molecular complexity index is 1040. The van der Waals surface area contributed by atoms with E-state index < -0.39 is 0 Å². The molecule has 0 saturated heterocycles. The summed E-state index contributed by atoms with van der Waals surface area (Å²) in [6.45, 7) is 1.08. The molecule has 0 unspecified atom stereocenters. The summed E-state index contributed by atoms with van der Waals surface area (Å²) in [5.41, 5.74) is 2.68. The summed E-state index contributed by atoms with van der Waals surface area (Å²) >= 11 is 0. The van der Waals surface area contributed by atoms with Crippen LogP contribution in [0.2, 0.25) is 0 Å². The first-order valence-electron chi connectivity index (χ1n) is 8.57. The van der Waals surface area contributed by atoms with Crippen LogP contribution in [0.3, 0.4) is 0 Å². The van der Waals surface area contributed by atoms with Crippen LogP contribution in [0, 0.1) is 0 Å². The normalized spacial score (nSPS) is 14.3. The number of nitrogens with zero attached hydrogens (tertiary/aromatic N) is 4. The molecule has 4 rings (SSSR count). The average Bonchev–Trinajstić information content (AvgIpc) is 2.71. The zero-order chi connectivity index (χ0) is 17.9. The molecule has 6 nitrogen and oxygen atoms in total. The third-order valence-corrected chi connectivity index (χ3v) is 4.62. The molecule has 6 heteroatoms. The second-order valence-corrected chi connectivity index (χ2v) is 6.25. The van der Waals surface area contributed by atoms with E-state index in [2.05, 4.69) is 28.5 Å². The molecule has 0 bridgehead atoms. The van der Waals surface area contributed by atoms with Gasteiger partial charge in [-0.05, 0) is 29.7 Å². The van der Waals surface area contributed by atoms with Gasteiger partial charge in [-0.2, -0.15) is 0 Å². The highest BCUT2D eigenvalue weighted by atomic mass is 16.2. The van der Waals surface area contributed by atoms with Gasteiger partial charge in [-0.15, -0.1) is 5.10 Å². The Morgan fingerprint density at radius 1 is 1.04 bits per heavy atom. The fraction of sp³-hybridized carbons (Fsp3) is 0.200. The minimum absolute atomic E-state index is 0.0921. The van der Waals surface area contributed by atoms with Crippen LogP contribution in [0.15, 0.2) is 65.5 Å². The third kappa shape index (κ3) is 3.13. The maximum Gasteiger partial charge on any atom is 0.278 e. The van der Waals surface area contributed by atoms with Crippen LogP contribution in [0.1, 0.15) is 12.0 Å². The Morgan fingerprint density at radius 2 is 1.81 bits per heavy atom. The molecule has 3 aromatic rings. The summed E-state index contributed by atoms with van der Waals surface area (Å²) in [5.74, 6) is -0.125. The molecule has 2 aromatic carbocycles. The van der Waals surface area contributed by atoms with Gasteiger partial charge in [0.15, 0.2) is 0 Å². The van der Waals surface area contributed by atoms with Crippen molar-refractivity contribution in [3.8, 4) is 0 Å². The molecule has 1 amide bonds. The third-order valence-electron chi connectivity index (χ3n) is 4.62. The van der Waals surface area contributed by atoms with Crippen molar-refractivity contribution in [1.29, 1.82) is 0 Å². The van der Waals surface area contributed by atoms with E-state index in [4.69, 9.17) is 0 Å². The van der Waals surface area contributed by atoms with E-state index in [0.29, 0.717) is 24.0 Å². The quantitative estimate of drug-likeness (QED) is 0.728. The predicted molar refractivity (Wildman–Crippen MR) is 99.4 cm³/mol. The standard InChI is InChI=1S/C20H18N4O2/c25-19(14-24-20(26)17-8-4-5-9-18(17)21-22-24)23-12-10-16(11-13-23)15-6-2-1-3-7-15/h1-10H,11-14H2. The molecule has 1 aromatic heterocycles. The predicted octanol–water partition coefficient (Wildman–Crippen LogP) is 2.11. The Labute approximate surface area is 150 Å². The van der Waals surface area contributed by atoms with Gasteiger partial charge in [0.25, 0.3) is 5.56 Å². The van der Waals surface area contributed by atoms with E-state index in [1.54, 1.807) is 29.2 Å². The Morgan fingerprint density at radius 3 is 2.58 bits per heavy atom. The van der Waals surface area contributed by atoms with Crippen LogP contribution in [-0.2, 0) is 11.3 Å². The van der Waals surface area contributed by atoms with Crippen LogP contribution < -0.4 is 5.56 Å². The summed E-state index contributed by atoms with van der Waals surface area (Å²) in [6.07, 6.45) is 2.87. The smallest absolute Gasteiger partial charge is 0.278 e. The summed E-state index contributed by atoms with van der Waals surface area (Å²) < 4.78 is 1.14. The zero-order valence-electron chi connectivity index (χ0n) is 14.2. The van der Waals surface area contributed by atoms with Gasteiger partial charge >= 0.3 is 0 Å². The molecule has 0 radical (unpaired) electrons. The molecule has 0 N–H and O–H groups in total. The van der Waals surface area contributed by atoms with Crippen LogP contribution in [0.5, 0.6) is 0 Å². The summed E-state index contributed by atoms with van der Waals surface area (Å²) in [4.78, 5) is 26.8. The number of fused-ring (bicyclic) bond motifs is 1. The Balaban J connectivity index is 1.49. The topological polar surface area (TPSA) is 68.1 Å². The van der Waals surface area contributed by atoms with E-state index in [9.17, 15) is 9.59 Å². The number of rotatable bonds is 3. The van der Waals surface area contributed by atoms with Gasteiger partial charge in [0.2, 0.25) is 5.91 Å². The number of aromatic nitrogens is 3. The maximum absolute atomic E-state index is 12.6. The lowest BCUT2D eigenvalue weighted by Crippen LogP contribution is -2.39. The second-order valence-electron chi connectivity index (χ2n) is 6.25.